The van der Waals surface area contributed by atoms with E-state index in [0.717, 1.165) is 6.42 Å². The topological polar surface area (TPSA) is 17.8 Å². The lowest BCUT2D eigenvalue weighted by atomic mass is 10.3. The SMILES string of the molecule is CCCn1c(CC)nc(C(F)(F)F)c1C. The average Bonchev–Trinajstić information content (AvgIpc) is 2.44. The molecule has 1 aromatic rings. The van der Waals surface area contributed by atoms with Crippen molar-refractivity contribution in [3.63, 3.8) is 0 Å². The fourth-order valence-corrected chi connectivity index (χ4v) is 1.65. The maximum absolute atomic E-state index is 12.5. The van der Waals surface area contributed by atoms with Gasteiger partial charge in [-0.25, -0.2) is 4.98 Å². The zero-order valence-corrected chi connectivity index (χ0v) is 9.15. The number of rotatable bonds is 3. The second-order valence-corrected chi connectivity index (χ2v) is 3.46. The Hall–Kier alpha value is -1.00. The Balaban J connectivity index is 3.22. The Bertz CT molecular complexity index is 339. The van der Waals surface area contributed by atoms with Crippen LogP contribution in [-0.2, 0) is 19.1 Å². The van der Waals surface area contributed by atoms with Gasteiger partial charge in [0, 0.05) is 18.7 Å². The van der Waals surface area contributed by atoms with Gasteiger partial charge in [-0.2, -0.15) is 13.2 Å². The molecule has 0 saturated heterocycles. The highest BCUT2D eigenvalue weighted by Gasteiger charge is 2.37. The summed E-state index contributed by atoms with van der Waals surface area (Å²) in [7, 11) is 0. The number of alkyl halides is 3. The molecule has 1 rings (SSSR count). The van der Waals surface area contributed by atoms with Crippen LogP contribution in [0.4, 0.5) is 13.2 Å². The number of hydrogen-bond acceptors (Lipinski definition) is 1. The molecule has 0 amide bonds. The largest absolute Gasteiger partial charge is 0.435 e. The lowest BCUT2D eigenvalue weighted by Crippen LogP contribution is -2.09. The smallest absolute Gasteiger partial charge is 0.332 e. The standard InChI is InChI=1S/C10H15F3N2/c1-4-6-15-7(3)9(10(11,12)13)14-8(15)5-2/h4-6H2,1-3H3. The first-order chi connectivity index (χ1) is 6.91. The summed E-state index contributed by atoms with van der Waals surface area (Å²) in [5.74, 6) is 0.515. The van der Waals surface area contributed by atoms with Crippen LogP contribution in [0.15, 0.2) is 0 Å². The number of nitrogens with zero attached hydrogens (tertiary/aromatic N) is 2. The highest BCUT2D eigenvalue weighted by Crippen LogP contribution is 2.31. The Morgan fingerprint density at radius 3 is 2.27 bits per heavy atom. The van der Waals surface area contributed by atoms with Crippen molar-refractivity contribution < 1.29 is 13.2 Å². The highest BCUT2D eigenvalue weighted by molar-refractivity contribution is 5.19. The van der Waals surface area contributed by atoms with Gasteiger partial charge in [0.2, 0.25) is 0 Å². The molecule has 2 nitrogen and oxygen atoms in total. The quantitative estimate of drug-likeness (QED) is 0.765. The van der Waals surface area contributed by atoms with E-state index in [1.165, 1.54) is 6.92 Å². The lowest BCUT2D eigenvalue weighted by molar-refractivity contribution is -0.141. The van der Waals surface area contributed by atoms with Crippen molar-refractivity contribution in [1.29, 1.82) is 0 Å². The van der Waals surface area contributed by atoms with Gasteiger partial charge in [-0.3, -0.25) is 0 Å². The van der Waals surface area contributed by atoms with E-state index in [2.05, 4.69) is 4.98 Å². The van der Waals surface area contributed by atoms with Gasteiger partial charge < -0.3 is 4.57 Å². The van der Waals surface area contributed by atoms with Crippen LogP contribution in [0.2, 0.25) is 0 Å². The normalized spacial score (nSPS) is 12.1. The molecule has 0 fully saturated rings. The van der Waals surface area contributed by atoms with Crippen LogP contribution >= 0.6 is 0 Å². The maximum Gasteiger partial charge on any atom is 0.435 e. The summed E-state index contributed by atoms with van der Waals surface area (Å²) in [5, 5.41) is 0. The first kappa shape index (κ1) is 12.1. The van der Waals surface area contributed by atoms with E-state index in [0.29, 0.717) is 18.8 Å². The molecule has 0 unspecified atom stereocenters. The van der Waals surface area contributed by atoms with E-state index in [9.17, 15) is 13.2 Å². The molecule has 1 aromatic heterocycles. The van der Waals surface area contributed by atoms with Crippen LogP contribution in [0.25, 0.3) is 0 Å². The van der Waals surface area contributed by atoms with Gasteiger partial charge in [0.15, 0.2) is 5.69 Å². The van der Waals surface area contributed by atoms with Crippen LogP contribution in [0.3, 0.4) is 0 Å². The van der Waals surface area contributed by atoms with Gasteiger partial charge in [-0.15, -0.1) is 0 Å². The minimum atomic E-state index is -4.34. The zero-order chi connectivity index (χ0) is 11.6. The number of hydrogen-bond donors (Lipinski definition) is 0. The number of imidazole rings is 1. The third kappa shape index (κ3) is 2.33. The third-order valence-electron chi connectivity index (χ3n) is 2.33. The Morgan fingerprint density at radius 1 is 1.27 bits per heavy atom. The monoisotopic (exact) mass is 220 g/mol. The van der Waals surface area contributed by atoms with Gasteiger partial charge in [-0.05, 0) is 13.3 Å². The van der Waals surface area contributed by atoms with E-state index < -0.39 is 11.9 Å². The average molecular weight is 220 g/mol. The molecule has 0 saturated carbocycles. The molecule has 1 heterocycles. The predicted molar refractivity (Wildman–Crippen MR) is 51.6 cm³/mol. The molecule has 5 heteroatoms. The van der Waals surface area contributed by atoms with Crippen LogP contribution in [-0.4, -0.2) is 9.55 Å². The van der Waals surface area contributed by atoms with E-state index in [1.807, 2.05) is 13.8 Å². The summed E-state index contributed by atoms with van der Waals surface area (Å²) in [4.78, 5) is 3.66. The molecule has 0 aliphatic carbocycles. The van der Waals surface area contributed by atoms with Gasteiger partial charge in [0.05, 0.1) is 0 Å². The van der Waals surface area contributed by atoms with E-state index in [4.69, 9.17) is 0 Å². The minimum Gasteiger partial charge on any atom is -0.332 e. The molecule has 15 heavy (non-hydrogen) atoms. The molecule has 0 spiro atoms. The fourth-order valence-electron chi connectivity index (χ4n) is 1.65. The summed E-state index contributed by atoms with van der Waals surface area (Å²) in [5.41, 5.74) is -0.519. The van der Waals surface area contributed by atoms with Gasteiger partial charge >= 0.3 is 6.18 Å². The first-order valence-corrected chi connectivity index (χ1v) is 5.05. The van der Waals surface area contributed by atoms with Crippen molar-refractivity contribution in [3.05, 3.63) is 17.2 Å². The summed E-state index contributed by atoms with van der Waals surface area (Å²) in [6, 6.07) is 0. The number of halogens is 3. The molecule has 0 aromatic carbocycles. The van der Waals surface area contributed by atoms with Crippen molar-refractivity contribution in [2.45, 2.75) is 46.3 Å². The van der Waals surface area contributed by atoms with Gasteiger partial charge in [0.25, 0.3) is 0 Å². The Kier molecular flexibility index (Phi) is 3.42. The molecular formula is C10H15F3N2. The fraction of sp³-hybridized carbons (Fsp3) is 0.700. The zero-order valence-electron chi connectivity index (χ0n) is 9.15. The molecule has 0 atom stereocenters. The summed E-state index contributed by atoms with van der Waals surface area (Å²) in [6.07, 6.45) is -3.01. The van der Waals surface area contributed by atoms with E-state index in [1.54, 1.807) is 4.57 Å². The summed E-state index contributed by atoms with van der Waals surface area (Å²) in [6.45, 7) is 5.82. The Labute approximate surface area is 87.1 Å². The van der Waals surface area contributed by atoms with Crippen LogP contribution < -0.4 is 0 Å². The summed E-state index contributed by atoms with van der Waals surface area (Å²) >= 11 is 0. The van der Waals surface area contributed by atoms with Crippen LogP contribution in [0, 0.1) is 6.92 Å². The van der Waals surface area contributed by atoms with Crippen LogP contribution in [0.5, 0.6) is 0 Å². The second kappa shape index (κ2) is 4.24. The van der Waals surface area contributed by atoms with Crippen molar-refractivity contribution >= 4 is 0 Å². The van der Waals surface area contributed by atoms with Crippen molar-refractivity contribution in [1.82, 2.24) is 9.55 Å². The maximum atomic E-state index is 12.5. The predicted octanol–water partition coefficient (Wildman–Crippen LogP) is 3.18. The summed E-state index contributed by atoms with van der Waals surface area (Å²) < 4.78 is 39.3. The molecular weight excluding hydrogens is 205 g/mol. The van der Waals surface area contributed by atoms with E-state index >= 15 is 0 Å². The molecule has 86 valence electrons. The molecule has 0 bridgehead atoms. The van der Waals surface area contributed by atoms with Crippen molar-refractivity contribution in [2.24, 2.45) is 0 Å². The van der Waals surface area contributed by atoms with Crippen molar-refractivity contribution in [2.75, 3.05) is 0 Å². The van der Waals surface area contributed by atoms with Crippen molar-refractivity contribution in [3.8, 4) is 0 Å². The lowest BCUT2D eigenvalue weighted by Gasteiger charge is -2.07. The number of aryl methyl sites for hydroxylation is 1. The van der Waals surface area contributed by atoms with Crippen LogP contribution in [0.1, 0.15) is 37.5 Å². The molecule has 0 N–H and O–H groups in total. The minimum absolute atomic E-state index is 0.223. The first-order valence-electron chi connectivity index (χ1n) is 5.05. The highest BCUT2D eigenvalue weighted by atomic mass is 19.4. The Morgan fingerprint density at radius 2 is 1.87 bits per heavy atom. The van der Waals surface area contributed by atoms with Gasteiger partial charge in [0.1, 0.15) is 5.82 Å². The second-order valence-electron chi connectivity index (χ2n) is 3.46. The third-order valence-corrected chi connectivity index (χ3v) is 2.33. The molecule has 0 aliphatic heterocycles. The molecule has 0 radical (unpaired) electrons. The molecule has 0 aliphatic rings. The van der Waals surface area contributed by atoms with E-state index in [-0.39, 0.29) is 5.69 Å². The number of aromatic nitrogens is 2. The van der Waals surface area contributed by atoms with Gasteiger partial charge in [-0.1, -0.05) is 13.8 Å².